The van der Waals surface area contributed by atoms with Crippen LogP contribution in [0.5, 0.6) is 5.75 Å². The molecule has 3 rings (SSSR count). The number of carbonyl (C=O) groups excluding carboxylic acids is 1. The van der Waals surface area contributed by atoms with Crippen LogP contribution < -0.4 is 0 Å². The molecule has 2 aromatic carbocycles. The summed E-state index contributed by atoms with van der Waals surface area (Å²) in [6, 6.07) is 10.3. The lowest BCUT2D eigenvalue weighted by Crippen LogP contribution is -2.13. The van der Waals surface area contributed by atoms with Crippen molar-refractivity contribution < 1.29 is 19.0 Å². The second kappa shape index (κ2) is 6.88. The predicted molar refractivity (Wildman–Crippen MR) is 102 cm³/mol. The zero-order valence-corrected chi connectivity index (χ0v) is 15.5. The van der Waals surface area contributed by atoms with E-state index in [1.165, 1.54) is 19.2 Å². The molecule has 0 amide bonds. The second-order valence-electron chi connectivity index (χ2n) is 6.14. The third kappa shape index (κ3) is 3.08. The van der Waals surface area contributed by atoms with E-state index in [1.54, 1.807) is 4.57 Å². The summed E-state index contributed by atoms with van der Waals surface area (Å²) in [7, 11) is 1.31. The summed E-state index contributed by atoms with van der Waals surface area (Å²) in [5, 5.41) is 10.4. The number of aryl methyl sites for hydroxylation is 1. The monoisotopic (exact) mass is 371 g/mol. The Labute approximate surface area is 155 Å². The molecule has 26 heavy (non-hydrogen) atoms. The summed E-state index contributed by atoms with van der Waals surface area (Å²) in [6.45, 7) is 3.80. The molecule has 0 saturated heterocycles. The lowest BCUT2D eigenvalue weighted by atomic mass is 10.1. The second-order valence-corrected chi connectivity index (χ2v) is 6.53. The lowest BCUT2D eigenvalue weighted by molar-refractivity contribution is -0.139. The molecule has 0 fully saturated rings. The summed E-state index contributed by atoms with van der Waals surface area (Å²) >= 11 is 5.64. The number of ether oxygens (including phenoxy) is 1. The number of esters is 1. The molecular weight excluding hydrogens is 353 g/mol. The van der Waals surface area contributed by atoms with E-state index in [4.69, 9.17) is 17.0 Å². The maximum atomic E-state index is 14.0. The Morgan fingerprint density at radius 2 is 1.88 bits per heavy atom. The van der Waals surface area contributed by atoms with Crippen LogP contribution in [-0.4, -0.2) is 27.7 Å². The van der Waals surface area contributed by atoms with Crippen LogP contribution >= 0.6 is 12.2 Å². The predicted octanol–water partition coefficient (Wildman–Crippen LogP) is 4.04. The standard InChI is InChI=1S/C20H18FNO3S/c1-11-4-6-13(7-5-11)20(26)22-12(2)14(9-19(24)25-3)15-8-18(23)16(21)10-17(15)22/h4-8,10,23H,9H2,1-3H3. The van der Waals surface area contributed by atoms with Crippen LogP contribution in [0.3, 0.4) is 0 Å². The van der Waals surface area contributed by atoms with Crippen LogP contribution in [0.4, 0.5) is 4.39 Å². The Kier molecular flexibility index (Phi) is 4.78. The molecule has 0 aliphatic rings. The van der Waals surface area contributed by atoms with Crippen molar-refractivity contribution in [2.45, 2.75) is 20.3 Å². The van der Waals surface area contributed by atoms with Gasteiger partial charge in [-0.05, 0) is 25.5 Å². The minimum atomic E-state index is -0.743. The number of rotatable bonds is 3. The molecule has 0 aliphatic carbocycles. The average Bonchev–Trinajstić information content (AvgIpc) is 2.87. The van der Waals surface area contributed by atoms with Crippen molar-refractivity contribution in [2.75, 3.05) is 7.11 Å². The van der Waals surface area contributed by atoms with E-state index in [2.05, 4.69) is 0 Å². The van der Waals surface area contributed by atoms with Gasteiger partial charge in [-0.3, -0.25) is 4.79 Å². The van der Waals surface area contributed by atoms with Crippen LogP contribution in [0.15, 0.2) is 36.4 Å². The summed E-state index contributed by atoms with van der Waals surface area (Å²) in [5.41, 5.74) is 3.77. The van der Waals surface area contributed by atoms with Gasteiger partial charge in [0.25, 0.3) is 0 Å². The number of halogens is 1. The van der Waals surface area contributed by atoms with Crippen LogP contribution in [0.25, 0.3) is 10.9 Å². The van der Waals surface area contributed by atoms with Gasteiger partial charge < -0.3 is 14.4 Å². The number of fused-ring (bicyclic) bond motifs is 1. The average molecular weight is 371 g/mol. The molecule has 134 valence electrons. The van der Waals surface area contributed by atoms with Gasteiger partial charge in [-0.1, -0.05) is 42.0 Å². The van der Waals surface area contributed by atoms with Gasteiger partial charge in [0.15, 0.2) is 11.6 Å². The number of carbonyl (C=O) groups is 1. The summed E-state index contributed by atoms with van der Waals surface area (Å²) < 4.78 is 20.5. The highest BCUT2D eigenvalue weighted by Crippen LogP contribution is 2.32. The van der Waals surface area contributed by atoms with Gasteiger partial charge in [0.1, 0.15) is 4.99 Å². The van der Waals surface area contributed by atoms with Gasteiger partial charge in [0.05, 0.1) is 19.0 Å². The van der Waals surface area contributed by atoms with Crippen molar-refractivity contribution >= 4 is 34.1 Å². The molecule has 0 spiro atoms. The first-order valence-electron chi connectivity index (χ1n) is 8.04. The van der Waals surface area contributed by atoms with Crippen molar-refractivity contribution in [3.05, 3.63) is 64.6 Å². The van der Waals surface area contributed by atoms with Crippen molar-refractivity contribution in [3.63, 3.8) is 0 Å². The zero-order chi connectivity index (χ0) is 19.0. The molecule has 0 bridgehead atoms. The van der Waals surface area contributed by atoms with Crippen LogP contribution in [-0.2, 0) is 16.0 Å². The first-order valence-corrected chi connectivity index (χ1v) is 8.45. The number of methoxy groups -OCH3 is 1. The van der Waals surface area contributed by atoms with E-state index in [0.29, 0.717) is 27.1 Å². The Balaban J connectivity index is 2.25. The number of phenols is 1. The van der Waals surface area contributed by atoms with E-state index in [9.17, 15) is 14.3 Å². The van der Waals surface area contributed by atoms with Gasteiger partial charge in [-0.2, -0.15) is 0 Å². The smallest absolute Gasteiger partial charge is 0.310 e. The topological polar surface area (TPSA) is 51.5 Å². The molecule has 1 aromatic heterocycles. The fourth-order valence-electron chi connectivity index (χ4n) is 3.02. The van der Waals surface area contributed by atoms with Crippen molar-refractivity contribution in [1.29, 1.82) is 0 Å². The van der Waals surface area contributed by atoms with Gasteiger partial charge in [0.2, 0.25) is 0 Å². The normalized spacial score (nSPS) is 10.9. The van der Waals surface area contributed by atoms with Crippen LogP contribution in [0, 0.1) is 19.7 Å². The van der Waals surface area contributed by atoms with Crippen molar-refractivity contribution in [3.8, 4) is 5.75 Å². The first kappa shape index (κ1) is 18.1. The number of phenolic OH excluding ortho intramolecular Hbond substituents is 1. The fraction of sp³-hybridized carbons (Fsp3) is 0.200. The lowest BCUT2D eigenvalue weighted by Gasteiger charge is -2.11. The van der Waals surface area contributed by atoms with Gasteiger partial charge >= 0.3 is 5.97 Å². The van der Waals surface area contributed by atoms with Crippen LogP contribution in [0.1, 0.15) is 22.4 Å². The van der Waals surface area contributed by atoms with Crippen molar-refractivity contribution in [2.24, 2.45) is 0 Å². The maximum absolute atomic E-state index is 14.0. The SMILES string of the molecule is COC(=O)Cc1c(C)n(C(=S)c2ccc(C)cc2)c2cc(F)c(O)cc12. The van der Waals surface area contributed by atoms with Crippen molar-refractivity contribution in [1.82, 2.24) is 4.57 Å². The number of hydrogen-bond acceptors (Lipinski definition) is 4. The number of thiocarbonyl (C=S) groups is 1. The molecule has 0 saturated carbocycles. The molecule has 1 N–H and O–H groups in total. The number of aromatic hydroxyl groups is 1. The Hall–Kier alpha value is -2.73. The molecule has 3 aromatic rings. The van der Waals surface area contributed by atoms with Crippen LogP contribution in [0.2, 0.25) is 0 Å². The molecule has 0 unspecified atom stereocenters. The Morgan fingerprint density at radius 3 is 2.50 bits per heavy atom. The number of nitrogens with zero attached hydrogens (tertiary/aromatic N) is 1. The Bertz CT molecular complexity index is 1020. The first-order chi connectivity index (χ1) is 12.3. The van der Waals surface area contributed by atoms with Gasteiger partial charge in [-0.25, -0.2) is 4.39 Å². The number of aromatic nitrogens is 1. The van der Waals surface area contributed by atoms with E-state index in [-0.39, 0.29) is 6.42 Å². The van der Waals surface area contributed by atoms with Gasteiger partial charge in [-0.15, -0.1) is 0 Å². The summed E-state index contributed by atoms with van der Waals surface area (Å²) in [5.74, 6) is -1.63. The van der Waals surface area contributed by atoms with E-state index < -0.39 is 17.5 Å². The number of hydrogen-bond donors (Lipinski definition) is 1. The number of benzene rings is 2. The molecule has 1 heterocycles. The molecule has 6 heteroatoms. The fourth-order valence-corrected chi connectivity index (χ4v) is 3.39. The Morgan fingerprint density at radius 1 is 1.23 bits per heavy atom. The molecular formula is C20H18FNO3S. The zero-order valence-electron chi connectivity index (χ0n) is 14.7. The molecule has 0 atom stereocenters. The summed E-state index contributed by atoms with van der Waals surface area (Å²) in [4.78, 5) is 12.3. The van der Waals surface area contributed by atoms with E-state index in [1.807, 2.05) is 38.1 Å². The molecule has 0 aliphatic heterocycles. The minimum Gasteiger partial charge on any atom is -0.505 e. The highest BCUT2D eigenvalue weighted by molar-refractivity contribution is 7.80. The summed E-state index contributed by atoms with van der Waals surface area (Å²) in [6.07, 6.45) is 0.00736. The quantitative estimate of drug-likeness (QED) is 0.558. The molecule has 0 radical (unpaired) electrons. The highest BCUT2D eigenvalue weighted by atomic mass is 32.1. The third-order valence-electron chi connectivity index (χ3n) is 4.45. The maximum Gasteiger partial charge on any atom is 0.310 e. The molecule has 4 nitrogen and oxygen atoms in total. The van der Waals surface area contributed by atoms with Gasteiger partial charge in [0, 0.05) is 22.7 Å². The highest BCUT2D eigenvalue weighted by Gasteiger charge is 2.21. The third-order valence-corrected chi connectivity index (χ3v) is 4.87. The van der Waals surface area contributed by atoms with E-state index in [0.717, 1.165) is 11.1 Å². The van der Waals surface area contributed by atoms with E-state index >= 15 is 0 Å². The minimum absolute atomic E-state index is 0.00736. The largest absolute Gasteiger partial charge is 0.505 e.